The predicted octanol–water partition coefficient (Wildman–Crippen LogP) is 2.91. The minimum absolute atomic E-state index is 0.529. The number of pyridine rings is 1. The minimum atomic E-state index is 0.529. The largest absolute Gasteiger partial charge is 0.347 e. The molecule has 0 amide bonds. The third-order valence-electron chi connectivity index (χ3n) is 2.19. The van der Waals surface area contributed by atoms with E-state index in [9.17, 15) is 0 Å². The van der Waals surface area contributed by atoms with Crippen LogP contribution in [-0.2, 0) is 6.54 Å². The number of hydrogen-bond donors (Lipinski definition) is 0. The number of thioether (sulfide) groups is 1. The number of hydrogen-bond acceptors (Lipinski definition) is 3. The first-order valence-electron chi connectivity index (χ1n) is 5.07. The Morgan fingerprint density at radius 1 is 1.56 bits per heavy atom. The van der Waals surface area contributed by atoms with Crippen LogP contribution in [0, 0.1) is 0 Å². The molecule has 0 radical (unpaired) electrons. The third kappa shape index (κ3) is 3.68. The molecule has 0 aromatic carbocycles. The molecule has 0 unspecified atom stereocenters. The molecule has 0 bridgehead atoms. The summed E-state index contributed by atoms with van der Waals surface area (Å²) in [5.74, 6) is 0. The lowest BCUT2D eigenvalue weighted by Gasteiger charge is -2.22. The first-order valence-corrected chi connectivity index (χ1v) is 6.67. The second kappa shape index (κ2) is 6.76. The van der Waals surface area contributed by atoms with Gasteiger partial charge in [0.25, 0.3) is 0 Å². The summed E-state index contributed by atoms with van der Waals surface area (Å²) in [6, 6.07) is 3.80. The van der Waals surface area contributed by atoms with Gasteiger partial charge in [-0.3, -0.25) is 4.99 Å². The summed E-state index contributed by atoms with van der Waals surface area (Å²) in [6.07, 6.45) is 3.84. The summed E-state index contributed by atoms with van der Waals surface area (Å²) >= 11 is 7.40. The lowest BCUT2D eigenvalue weighted by Crippen LogP contribution is -2.27. The van der Waals surface area contributed by atoms with E-state index in [1.54, 1.807) is 18.0 Å². The molecule has 0 aliphatic rings. The van der Waals surface area contributed by atoms with E-state index in [0.717, 1.165) is 23.8 Å². The highest BCUT2D eigenvalue weighted by Crippen LogP contribution is 2.11. The van der Waals surface area contributed by atoms with Gasteiger partial charge in [-0.25, -0.2) is 4.98 Å². The van der Waals surface area contributed by atoms with Crippen LogP contribution < -0.4 is 0 Å². The van der Waals surface area contributed by atoms with Gasteiger partial charge in [0.1, 0.15) is 5.15 Å². The molecule has 1 aromatic heterocycles. The normalized spacial score (nSPS) is 11.6. The number of rotatable bonds is 3. The number of nitrogens with zero attached hydrogens (tertiary/aromatic N) is 3. The number of amidine groups is 1. The maximum absolute atomic E-state index is 5.75. The Morgan fingerprint density at radius 3 is 2.75 bits per heavy atom. The van der Waals surface area contributed by atoms with Crippen LogP contribution in [0.3, 0.4) is 0 Å². The average Bonchev–Trinajstić information content (AvgIpc) is 2.32. The van der Waals surface area contributed by atoms with Crippen LogP contribution in [0.1, 0.15) is 12.5 Å². The van der Waals surface area contributed by atoms with Gasteiger partial charge in [-0.05, 0) is 24.8 Å². The van der Waals surface area contributed by atoms with Crippen LogP contribution in [0.2, 0.25) is 5.15 Å². The Morgan fingerprint density at radius 2 is 2.31 bits per heavy atom. The molecule has 0 aliphatic heterocycles. The number of aromatic nitrogens is 1. The van der Waals surface area contributed by atoms with Crippen LogP contribution >= 0.6 is 23.4 Å². The molecule has 0 fully saturated rings. The van der Waals surface area contributed by atoms with E-state index in [-0.39, 0.29) is 0 Å². The fraction of sp³-hybridized carbons (Fsp3) is 0.455. The standard InChI is InChI=1S/C11H16ClN3S/c1-4-15(11(13-2)16-3)8-9-5-6-10(12)14-7-9/h5-7H,4,8H2,1-3H3/b13-11-. The van der Waals surface area contributed by atoms with Crippen LogP contribution in [0.25, 0.3) is 0 Å². The fourth-order valence-corrected chi connectivity index (χ4v) is 2.14. The van der Waals surface area contributed by atoms with Crippen molar-refractivity contribution in [2.75, 3.05) is 19.8 Å². The molecule has 0 saturated carbocycles. The quantitative estimate of drug-likeness (QED) is 0.474. The Hall–Kier alpha value is -0.740. The Labute approximate surface area is 106 Å². The van der Waals surface area contributed by atoms with Gasteiger partial charge < -0.3 is 4.90 Å². The van der Waals surface area contributed by atoms with Crippen LogP contribution in [0.4, 0.5) is 0 Å². The molecule has 0 saturated heterocycles. The van der Waals surface area contributed by atoms with Crippen LogP contribution in [-0.4, -0.2) is 34.9 Å². The summed E-state index contributed by atoms with van der Waals surface area (Å²) in [4.78, 5) is 10.5. The molecule has 3 nitrogen and oxygen atoms in total. The maximum Gasteiger partial charge on any atom is 0.158 e. The van der Waals surface area contributed by atoms with E-state index in [1.807, 2.05) is 25.4 Å². The highest BCUT2D eigenvalue weighted by molar-refractivity contribution is 8.13. The van der Waals surface area contributed by atoms with Gasteiger partial charge in [0.05, 0.1) is 0 Å². The maximum atomic E-state index is 5.75. The SMILES string of the molecule is CCN(Cc1ccc(Cl)nc1)/C(=N/C)SC. The fourth-order valence-electron chi connectivity index (χ4n) is 1.40. The molecule has 0 atom stereocenters. The molecule has 5 heteroatoms. The van der Waals surface area contributed by atoms with Gasteiger partial charge in [-0.2, -0.15) is 0 Å². The Balaban J connectivity index is 2.73. The van der Waals surface area contributed by atoms with E-state index in [2.05, 4.69) is 21.8 Å². The van der Waals surface area contributed by atoms with Crippen LogP contribution in [0.5, 0.6) is 0 Å². The summed E-state index contributed by atoms with van der Waals surface area (Å²) < 4.78 is 0. The van der Waals surface area contributed by atoms with Crippen molar-refractivity contribution in [1.29, 1.82) is 0 Å². The van der Waals surface area contributed by atoms with E-state index in [0.29, 0.717) is 5.15 Å². The zero-order valence-electron chi connectivity index (χ0n) is 9.77. The van der Waals surface area contributed by atoms with Gasteiger partial charge >= 0.3 is 0 Å². The van der Waals surface area contributed by atoms with Crippen molar-refractivity contribution in [3.63, 3.8) is 0 Å². The van der Waals surface area contributed by atoms with Crippen molar-refractivity contribution in [3.8, 4) is 0 Å². The van der Waals surface area contributed by atoms with E-state index < -0.39 is 0 Å². The second-order valence-electron chi connectivity index (χ2n) is 3.21. The average molecular weight is 258 g/mol. The third-order valence-corrected chi connectivity index (χ3v) is 3.22. The van der Waals surface area contributed by atoms with Gasteiger partial charge in [-0.1, -0.05) is 29.4 Å². The molecule has 88 valence electrons. The van der Waals surface area contributed by atoms with Crippen molar-refractivity contribution < 1.29 is 0 Å². The minimum Gasteiger partial charge on any atom is -0.347 e. The van der Waals surface area contributed by atoms with Crippen LogP contribution in [0.15, 0.2) is 23.3 Å². The second-order valence-corrected chi connectivity index (χ2v) is 4.37. The first-order chi connectivity index (χ1) is 7.71. The van der Waals surface area contributed by atoms with Gasteiger partial charge in [0.2, 0.25) is 0 Å². The predicted molar refractivity (Wildman–Crippen MR) is 72.2 cm³/mol. The van der Waals surface area contributed by atoms with Crippen molar-refractivity contribution in [2.24, 2.45) is 4.99 Å². The lowest BCUT2D eigenvalue weighted by atomic mass is 10.3. The molecule has 16 heavy (non-hydrogen) atoms. The molecular formula is C11H16ClN3S. The smallest absolute Gasteiger partial charge is 0.158 e. The molecule has 1 aromatic rings. The molecule has 1 heterocycles. The van der Waals surface area contributed by atoms with Gasteiger partial charge in [-0.15, -0.1) is 0 Å². The summed E-state index contributed by atoms with van der Waals surface area (Å²) in [5, 5.41) is 1.57. The molecule has 0 aliphatic carbocycles. The molecule has 0 N–H and O–H groups in total. The number of aliphatic imine (C=N–C) groups is 1. The zero-order valence-corrected chi connectivity index (χ0v) is 11.3. The summed E-state index contributed by atoms with van der Waals surface area (Å²) in [6.45, 7) is 3.86. The van der Waals surface area contributed by atoms with Crippen molar-refractivity contribution in [3.05, 3.63) is 29.0 Å². The summed E-state index contributed by atoms with van der Waals surface area (Å²) in [7, 11) is 1.81. The highest BCUT2D eigenvalue weighted by atomic mass is 35.5. The van der Waals surface area contributed by atoms with Crippen molar-refractivity contribution in [2.45, 2.75) is 13.5 Å². The Kier molecular flexibility index (Phi) is 5.63. The van der Waals surface area contributed by atoms with Gasteiger partial charge in [0, 0.05) is 26.3 Å². The monoisotopic (exact) mass is 257 g/mol. The van der Waals surface area contributed by atoms with Crippen molar-refractivity contribution in [1.82, 2.24) is 9.88 Å². The summed E-state index contributed by atoms with van der Waals surface area (Å²) in [5.41, 5.74) is 1.14. The van der Waals surface area contributed by atoms with Gasteiger partial charge in [0.15, 0.2) is 5.17 Å². The van der Waals surface area contributed by atoms with E-state index in [4.69, 9.17) is 11.6 Å². The molecule has 0 spiro atoms. The molecule has 1 rings (SSSR count). The topological polar surface area (TPSA) is 28.5 Å². The molecular weight excluding hydrogens is 242 g/mol. The zero-order chi connectivity index (χ0) is 12.0. The lowest BCUT2D eigenvalue weighted by molar-refractivity contribution is 0.443. The highest BCUT2D eigenvalue weighted by Gasteiger charge is 2.08. The first kappa shape index (κ1) is 13.3. The number of halogens is 1. The van der Waals surface area contributed by atoms with Crippen molar-refractivity contribution >= 4 is 28.5 Å². The Bertz CT molecular complexity index is 351. The van der Waals surface area contributed by atoms with E-state index in [1.165, 1.54) is 0 Å². The van der Waals surface area contributed by atoms with E-state index >= 15 is 0 Å².